The summed E-state index contributed by atoms with van der Waals surface area (Å²) in [5.74, 6) is 0.0622. The number of nitrogens with one attached hydrogen (secondary N) is 2. The fourth-order valence-electron chi connectivity index (χ4n) is 3.40. The lowest BCUT2D eigenvalue weighted by molar-refractivity contribution is -0.126. The molecule has 1 saturated carbocycles. The van der Waals surface area contributed by atoms with Gasteiger partial charge in [-0.3, -0.25) is 10.1 Å². The largest absolute Gasteiger partial charge is 0.481 e. The number of amides is 3. The van der Waals surface area contributed by atoms with Gasteiger partial charge >= 0.3 is 6.03 Å². The SMILES string of the molecule is CC(Oc1ccc(-c2ccc(C#N)cc2)cc1)C(=O)NC(=O)NC1CCCCC1. The highest BCUT2D eigenvalue weighted by molar-refractivity contribution is 5.96. The number of nitrogens with zero attached hydrogens (tertiary/aromatic N) is 1. The van der Waals surface area contributed by atoms with Crippen molar-refractivity contribution < 1.29 is 14.3 Å². The molecule has 6 heteroatoms. The fourth-order valence-corrected chi connectivity index (χ4v) is 3.40. The third-order valence-electron chi connectivity index (χ3n) is 5.06. The number of hydrogen-bond acceptors (Lipinski definition) is 4. The lowest BCUT2D eigenvalue weighted by Gasteiger charge is -2.23. The van der Waals surface area contributed by atoms with Crippen LogP contribution in [0.25, 0.3) is 11.1 Å². The number of nitriles is 1. The number of imide groups is 1. The molecule has 0 aromatic heterocycles. The minimum atomic E-state index is -0.798. The Bertz CT molecular complexity index is 879. The zero-order valence-electron chi connectivity index (χ0n) is 16.5. The average molecular weight is 391 g/mol. The van der Waals surface area contributed by atoms with Gasteiger partial charge in [-0.05, 0) is 55.2 Å². The van der Waals surface area contributed by atoms with Gasteiger partial charge in [-0.2, -0.15) is 5.26 Å². The lowest BCUT2D eigenvalue weighted by atomic mass is 9.96. The van der Waals surface area contributed by atoms with Crippen molar-refractivity contribution >= 4 is 11.9 Å². The molecule has 1 aliphatic carbocycles. The third-order valence-corrected chi connectivity index (χ3v) is 5.06. The van der Waals surface area contributed by atoms with E-state index in [1.165, 1.54) is 6.42 Å². The molecule has 0 spiro atoms. The van der Waals surface area contributed by atoms with E-state index in [4.69, 9.17) is 10.00 Å². The molecule has 0 aliphatic heterocycles. The first kappa shape index (κ1) is 20.4. The molecule has 0 radical (unpaired) electrons. The smallest absolute Gasteiger partial charge is 0.321 e. The fraction of sp³-hybridized carbons (Fsp3) is 0.348. The Kier molecular flexibility index (Phi) is 6.85. The van der Waals surface area contributed by atoms with Crippen LogP contribution >= 0.6 is 0 Å². The number of rotatable bonds is 5. The first-order valence-electron chi connectivity index (χ1n) is 9.94. The van der Waals surface area contributed by atoms with E-state index >= 15 is 0 Å². The van der Waals surface area contributed by atoms with Gasteiger partial charge in [-0.25, -0.2) is 4.79 Å². The number of ether oxygens (including phenoxy) is 1. The highest BCUT2D eigenvalue weighted by atomic mass is 16.5. The Hall–Kier alpha value is -3.33. The molecule has 6 nitrogen and oxygen atoms in total. The number of carbonyl (C=O) groups excluding carboxylic acids is 2. The maximum atomic E-state index is 12.2. The standard InChI is InChI=1S/C23H25N3O3/c1-16(22(27)26-23(28)25-20-5-3-2-4-6-20)29-21-13-11-19(12-14-21)18-9-7-17(15-24)8-10-18/h7-14,16,20H,2-6H2,1H3,(H2,25,26,27,28). The Morgan fingerprint density at radius 1 is 1.00 bits per heavy atom. The van der Waals surface area contributed by atoms with E-state index in [2.05, 4.69) is 16.7 Å². The summed E-state index contributed by atoms with van der Waals surface area (Å²) in [6, 6.07) is 16.4. The molecule has 29 heavy (non-hydrogen) atoms. The number of hydrogen-bond donors (Lipinski definition) is 2. The first-order chi connectivity index (χ1) is 14.0. The molecule has 0 heterocycles. The van der Waals surface area contributed by atoms with Crippen molar-refractivity contribution in [3.8, 4) is 22.9 Å². The van der Waals surface area contributed by atoms with Crippen LogP contribution in [0.2, 0.25) is 0 Å². The van der Waals surface area contributed by atoms with Gasteiger partial charge in [0.2, 0.25) is 0 Å². The highest BCUT2D eigenvalue weighted by Crippen LogP contribution is 2.23. The van der Waals surface area contributed by atoms with Crippen LogP contribution in [0.1, 0.15) is 44.6 Å². The predicted octanol–water partition coefficient (Wildman–Crippen LogP) is 4.15. The molecular weight excluding hydrogens is 366 g/mol. The van der Waals surface area contributed by atoms with E-state index in [1.807, 2.05) is 24.3 Å². The van der Waals surface area contributed by atoms with Gasteiger partial charge < -0.3 is 10.1 Å². The molecule has 3 rings (SSSR count). The molecule has 1 fully saturated rings. The van der Waals surface area contributed by atoms with Gasteiger partial charge in [-0.15, -0.1) is 0 Å². The van der Waals surface area contributed by atoms with Crippen LogP contribution in [-0.2, 0) is 4.79 Å². The summed E-state index contributed by atoms with van der Waals surface area (Å²) in [7, 11) is 0. The van der Waals surface area contributed by atoms with Crippen LogP contribution in [0.5, 0.6) is 5.75 Å². The van der Waals surface area contributed by atoms with Crippen LogP contribution in [0, 0.1) is 11.3 Å². The molecule has 0 saturated heterocycles. The van der Waals surface area contributed by atoms with Crippen molar-refractivity contribution in [3.63, 3.8) is 0 Å². The molecule has 1 unspecified atom stereocenters. The number of carbonyl (C=O) groups is 2. The van der Waals surface area contributed by atoms with E-state index in [1.54, 1.807) is 31.2 Å². The topological polar surface area (TPSA) is 91.2 Å². The maximum absolute atomic E-state index is 12.2. The molecule has 150 valence electrons. The predicted molar refractivity (Wildman–Crippen MR) is 110 cm³/mol. The third kappa shape index (κ3) is 5.82. The number of benzene rings is 2. The normalized spacial score (nSPS) is 15.0. The molecule has 1 aliphatic rings. The van der Waals surface area contributed by atoms with Gasteiger partial charge in [0.05, 0.1) is 11.6 Å². The van der Waals surface area contributed by atoms with Crippen molar-refractivity contribution in [1.29, 1.82) is 5.26 Å². The molecule has 1 atom stereocenters. The summed E-state index contributed by atoms with van der Waals surface area (Å²) >= 11 is 0. The van der Waals surface area contributed by atoms with Crippen LogP contribution in [0.3, 0.4) is 0 Å². The zero-order chi connectivity index (χ0) is 20.6. The van der Waals surface area contributed by atoms with Gasteiger partial charge in [0, 0.05) is 6.04 Å². The summed E-state index contributed by atoms with van der Waals surface area (Å²) < 4.78 is 5.66. The minimum Gasteiger partial charge on any atom is -0.481 e. The zero-order valence-corrected chi connectivity index (χ0v) is 16.5. The van der Waals surface area contributed by atoms with Gasteiger partial charge in [0.25, 0.3) is 5.91 Å². The van der Waals surface area contributed by atoms with E-state index in [9.17, 15) is 9.59 Å². The first-order valence-corrected chi connectivity index (χ1v) is 9.94. The second-order valence-corrected chi connectivity index (χ2v) is 7.27. The second kappa shape index (κ2) is 9.74. The highest BCUT2D eigenvalue weighted by Gasteiger charge is 2.20. The van der Waals surface area contributed by atoms with Gasteiger partial charge in [-0.1, -0.05) is 43.5 Å². The summed E-state index contributed by atoms with van der Waals surface area (Å²) in [6.45, 7) is 1.61. The lowest BCUT2D eigenvalue weighted by Crippen LogP contribution is -2.48. The summed E-state index contributed by atoms with van der Waals surface area (Å²) in [4.78, 5) is 24.2. The van der Waals surface area contributed by atoms with Gasteiger partial charge in [0.1, 0.15) is 5.75 Å². The average Bonchev–Trinajstić information content (AvgIpc) is 2.75. The van der Waals surface area contributed by atoms with Crippen molar-refractivity contribution in [3.05, 3.63) is 54.1 Å². The molecule has 2 aromatic rings. The molecule has 0 bridgehead atoms. The maximum Gasteiger partial charge on any atom is 0.321 e. The Morgan fingerprint density at radius 2 is 1.59 bits per heavy atom. The van der Waals surface area contributed by atoms with Crippen molar-refractivity contribution in [2.75, 3.05) is 0 Å². The van der Waals surface area contributed by atoms with E-state index in [0.29, 0.717) is 11.3 Å². The monoisotopic (exact) mass is 391 g/mol. The van der Waals surface area contributed by atoms with Crippen LogP contribution < -0.4 is 15.4 Å². The Labute approximate surface area is 170 Å². The van der Waals surface area contributed by atoms with E-state index < -0.39 is 18.0 Å². The van der Waals surface area contributed by atoms with E-state index in [-0.39, 0.29) is 6.04 Å². The summed E-state index contributed by atoms with van der Waals surface area (Å²) in [6.07, 6.45) is 4.53. The Balaban J connectivity index is 1.51. The van der Waals surface area contributed by atoms with E-state index in [0.717, 1.165) is 36.8 Å². The van der Waals surface area contributed by atoms with Crippen LogP contribution in [0.4, 0.5) is 4.79 Å². The quantitative estimate of drug-likeness (QED) is 0.801. The summed E-state index contributed by atoms with van der Waals surface area (Å²) in [5.41, 5.74) is 2.58. The van der Waals surface area contributed by atoms with Gasteiger partial charge in [0.15, 0.2) is 6.10 Å². The molecule has 3 amide bonds. The van der Waals surface area contributed by atoms with Crippen molar-refractivity contribution in [2.45, 2.75) is 51.2 Å². The van der Waals surface area contributed by atoms with Crippen LogP contribution in [-0.4, -0.2) is 24.1 Å². The van der Waals surface area contributed by atoms with Crippen molar-refractivity contribution in [1.82, 2.24) is 10.6 Å². The molecule has 2 N–H and O–H groups in total. The molecular formula is C23H25N3O3. The second-order valence-electron chi connectivity index (χ2n) is 7.27. The number of urea groups is 1. The van der Waals surface area contributed by atoms with Crippen molar-refractivity contribution in [2.24, 2.45) is 0 Å². The molecule has 2 aromatic carbocycles. The Morgan fingerprint density at radius 3 is 2.17 bits per heavy atom. The summed E-state index contributed by atoms with van der Waals surface area (Å²) in [5, 5.41) is 14.1. The van der Waals surface area contributed by atoms with Crippen LogP contribution in [0.15, 0.2) is 48.5 Å². The minimum absolute atomic E-state index is 0.141.